The Morgan fingerprint density at radius 3 is 2.58 bits per heavy atom. The van der Waals surface area contributed by atoms with Crippen molar-refractivity contribution in [2.75, 3.05) is 0 Å². The number of rotatable bonds is 2. The Hall–Kier alpha value is -0.530. The van der Waals surface area contributed by atoms with Crippen molar-refractivity contribution in [3.05, 3.63) is 41.0 Å². The molecule has 0 fully saturated rings. The summed E-state index contributed by atoms with van der Waals surface area (Å²) in [5.74, 6) is 0.403. The van der Waals surface area contributed by atoms with Crippen LogP contribution in [-0.4, -0.2) is 5.11 Å². The number of benzene rings is 1. The summed E-state index contributed by atoms with van der Waals surface area (Å²) in [7, 11) is 0. The summed E-state index contributed by atoms with van der Waals surface area (Å²) in [4.78, 5) is 0. The Morgan fingerprint density at radius 2 is 2.08 bits per heavy atom. The first-order chi connectivity index (χ1) is 5.65. The molecule has 12 heavy (non-hydrogen) atoms. The lowest BCUT2D eigenvalue weighted by molar-refractivity contribution is 0.413. The Morgan fingerprint density at radius 1 is 1.42 bits per heavy atom. The van der Waals surface area contributed by atoms with E-state index in [1.165, 1.54) is 0 Å². The Bertz CT molecular complexity index is 269. The Kier molecular flexibility index (Phi) is 3.12. The molecule has 0 aliphatic heterocycles. The molecule has 0 aliphatic carbocycles. The molecule has 2 heteroatoms. The molecule has 1 N–H and O–H groups in total. The van der Waals surface area contributed by atoms with Crippen LogP contribution < -0.4 is 0 Å². The highest BCUT2D eigenvalue weighted by Gasteiger charge is 2.05. The van der Waals surface area contributed by atoms with Crippen LogP contribution in [0.25, 0.3) is 0 Å². The summed E-state index contributed by atoms with van der Waals surface area (Å²) in [6, 6.07) is 5.54. The standard InChI is InChI=1S/C10H12ClO/c1-7(2)10-4-3-9(11)5-8(10)6-12/h3-7,12H,1-2H3. The van der Waals surface area contributed by atoms with Gasteiger partial charge >= 0.3 is 0 Å². The quantitative estimate of drug-likeness (QED) is 0.746. The summed E-state index contributed by atoms with van der Waals surface area (Å²) in [5.41, 5.74) is 1.92. The minimum Gasteiger partial charge on any atom is -0.385 e. The molecular weight excluding hydrogens is 172 g/mol. The molecule has 0 bridgehead atoms. The number of hydrogen-bond donors (Lipinski definition) is 1. The van der Waals surface area contributed by atoms with Gasteiger partial charge in [-0.3, -0.25) is 0 Å². The van der Waals surface area contributed by atoms with Gasteiger partial charge < -0.3 is 5.11 Å². The molecule has 0 aliphatic rings. The molecule has 1 rings (SSSR count). The summed E-state index contributed by atoms with van der Waals surface area (Å²) in [6.45, 7) is 5.26. The largest absolute Gasteiger partial charge is 0.385 e. The second kappa shape index (κ2) is 3.92. The monoisotopic (exact) mass is 183 g/mol. The molecule has 0 aromatic heterocycles. The van der Waals surface area contributed by atoms with Crippen LogP contribution in [0.2, 0.25) is 5.02 Å². The number of halogens is 1. The van der Waals surface area contributed by atoms with E-state index in [1.807, 2.05) is 12.1 Å². The molecule has 0 saturated carbocycles. The minimum absolute atomic E-state index is 0.403. The molecule has 0 unspecified atom stereocenters. The van der Waals surface area contributed by atoms with Gasteiger partial charge in [-0.05, 0) is 29.2 Å². The van der Waals surface area contributed by atoms with Crippen molar-refractivity contribution in [2.45, 2.75) is 19.8 Å². The van der Waals surface area contributed by atoms with Crippen LogP contribution in [0, 0.1) is 6.61 Å². The van der Waals surface area contributed by atoms with Gasteiger partial charge in [0, 0.05) is 5.02 Å². The van der Waals surface area contributed by atoms with Crippen LogP contribution in [-0.2, 0) is 0 Å². The van der Waals surface area contributed by atoms with E-state index in [9.17, 15) is 0 Å². The first kappa shape index (κ1) is 9.56. The predicted octanol–water partition coefficient (Wildman–Crippen LogP) is 3.35. The summed E-state index contributed by atoms with van der Waals surface area (Å²) in [6.07, 6.45) is 0. The maximum Gasteiger partial charge on any atom is 0.109 e. The van der Waals surface area contributed by atoms with E-state index in [0.29, 0.717) is 10.9 Å². The highest BCUT2D eigenvalue weighted by molar-refractivity contribution is 6.30. The van der Waals surface area contributed by atoms with Crippen molar-refractivity contribution < 1.29 is 5.11 Å². The third-order valence-electron chi connectivity index (χ3n) is 1.81. The number of aliphatic hydroxyl groups is 1. The van der Waals surface area contributed by atoms with E-state index < -0.39 is 0 Å². The molecule has 0 spiro atoms. The highest BCUT2D eigenvalue weighted by atomic mass is 35.5. The van der Waals surface area contributed by atoms with Crippen LogP contribution in [0.1, 0.15) is 30.9 Å². The molecule has 0 amide bonds. The lowest BCUT2D eigenvalue weighted by Crippen LogP contribution is -1.94. The maximum atomic E-state index is 8.91. The predicted molar refractivity (Wildman–Crippen MR) is 50.9 cm³/mol. The average Bonchev–Trinajstić information content (AvgIpc) is 2.03. The van der Waals surface area contributed by atoms with Crippen molar-refractivity contribution in [1.82, 2.24) is 0 Å². The second-order valence-electron chi connectivity index (χ2n) is 3.06. The maximum absolute atomic E-state index is 8.91. The smallest absolute Gasteiger partial charge is 0.109 e. The molecule has 1 nitrogen and oxygen atoms in total. The SMILES string of the molecule is CC(C)c1ccc(Cl)cc1[CH]O. The fourth-order valence-corrected chi connectivity index (χ4v) is 1.36. The molecule has 1 aromatic carbocycles. The Balaban J connectivity index is 3.11. The molecule has 0 atom stereocenters. The van der Waals surface area contributed by atoms with Crippen LogP contribution in [0.3, 0.4) is 0 Å². The molecule has 0 heterocycles. The van der Waals surface area contributed by atoms with Crippen molar-refractivity contribution >= 4 is 11.6 Å². The number of aliphatic hydroxyl groups excluding tert-OH is 1. The van der Waals surface area contributed by atoms with Crippen molar-refractivity contribution in [3.63, 3.8) is 0 Å². The number of hydrogen-bond acceptors (Lipinski definition) is 1. The van der Waals surface area contributed by atoms with Gasteiger partial charge in [-0.2, -0.15) is 0 Å². The van der Waals surface area contributed by atoms with Gasteiger partial charge in [0.15, 0.2) is 0 Å². The molecule has 65 valence electrons. The summed E-state index contributed by atoms with van der Waals surface area (Å²) < 4.78 is 0. The van der Waals surface area contributed by atoms with E-state index in [1.54, 1.807) is 6.07 Å². The van der Waals surface area contributed by atoms with Gasteiger partial charge in [-0.15, -0.1) is 0 Å². The topological polar surface area (TPSA) is 20.2 Å². The fraction of sp³-hybridized carbons (Fsp3) is 0.300. The fourth-order valence-electron chi connectivity index (χ4n) is 1.18. The van der Waals surface area contributed by atoms with E-state index in [-0.39, 0.29) is 0 Å². The lowest BCUT2D eigenvalue weighted by Gasteiger charge is -2.10. The zero-order valence-electron chi connectivity index (χ0n) is 7.21. The third kappa shape index (κ3) is 1.99. The highest BCUT2D eigenvalue weighted by Crippen LogP contribution is 2.23. The van der Waals surface area contributed by atoms with Crippen LogP contribution in [0.4, 0.5) is 0 Å². The zero-order valence-corrected chi connectivity index (χ0v) is 7.97. The summed E-state index contributed by atoms with van der Waals surface area (Å²) in [5, 5.41) is 9.56. The molecule has 0 saturated heterocycles. The van der Waals surface area contributed by atoms with Crippen LogP contribution in [0.5, 0.6) is 0 Å². The van der Waals surface area contributed by atoms with E-state index >= 15 is 0 Å². The van der Waals surface area contributed by atoms with Gasteiger partial charge in [-0.25, -0.2) is 0 Å². The molecule has 1 aromatic rings. The van der Waals surface area contributed by atoms with Gasteiger partial charge in [-0.1, -0.05) is 31.5 Å². The average molecular weight is 184 g/mol. The zero-order chi connectivity index (χ0) is 9.14. The van der Waals surface area contributed by atoms with E-state index in [2.05, 4.69) is 13.8 Å². The normalized spacial score (nSPS) is 10.8. The lowest BCUT2D eigenvalue weighted by atomic mass is 9.98. The minimum atomic E-state index is 0.403. The third-order valence-corrected chi connectivity index (χ3v) is 2.05. The molecule has 1 radical (unpaired) electrons. The summed E-state index contributed by atoms with van der Waals surface area (Å²) >= 11 is 5.77. The van der Waals surface area contributed by atoms with Crippen LogP contribution >= 0.6 is 11.6 Å². The van der Waals surface area contributed by atoms with Gasteiger partial charge in [0.2, 0.25) is 0 Å². The van der Waals surface area contributed by atoms with E-state index in [4.69, 9.17) is 16.7 Å². The first-order valence-electron chi connectivity index (χ1n) is 3.92. The van der Waals surface area contributed by atoms with Gasteiger partial charge in [0.05, 0.1) is 0 Å². The Labute approximate surface area is 78.0 Å². The van der Waals surface area contributed by atoms with Crippen LogP contribution in [0.15, 0.2) is 18.2 Å². The van der Waals surface area contributed by atoms with Crippen molar-refractivity contribution in [1.29, 1.82) is 0 Å². The first-order valence-corrected chi connectivity index (χ1v) is 4.30. The van der Waals surface area contributed by atoms with Gasteiger partial charge in [0.1, 0.15) is 6.61 Å². The molecular formula is C10H12ClO. The van der Waals surface area contributed by atoms with Gasteiger partial charge in [0.25, 0.3) is 0 Å². The van der Waals surface area contributed by atoms with E-state index in [0.717, 1.165) is 17.7 Å². The van der Waals surface area contributed by atoms with Crippen molar-refractivity contribution in [3.8, 4) is 0 Å². The van der Waals surface area contributed by atoms with Crippen molar-refractivity contribution in [2.24, 2.45) is 0 Å². The second-order valence-corrected chi connectivity index (χ2v) is 3.49.